The zero-order valence-corrected chi connectivity index (χ0v) is 11.0. The number of anilines is 2. The van der Waals surface area contributed by atoms with Crippen LogP contribution in [0.2, 0.25) is 0 Å². The molecule has 5 nitrogen and oxygen atoms in total. The number of halogens is 1. The quantitative estimate of drug-likeness (QED) is 0.753. The van der Waals surface area contributed by atoms with E-state index in [4.69, 9.17) is 11.5 Å². The smallest absolute Gasteiger partial charge is 0.224 e. The van der Waals surface area contributed by atoms with E-state index in [9.17, 15) is 4.39 Å². The molecule has 0 spiro atoms. The average molecular weight is 281 g/mol. The van der Waals surface area contributed by atoms with E-state index in [2.05, 4.69) is 15.0 Å². The van der Waals surface area contributed by atoms with Crippen LogP contribution in [0.15, 0.2) is 36.5 Å². The van der Waals surface area contributed by atoms with Crippen LogP contribution in [0.3, 0.4) is 0 Å². The summed E-state index contributed by atoms with van der Waals surface area (Å²) < 4.78 is 13.5. The van der Waals surface area contributed by atoms with Crippen LogP contribution in [0, 0.1) is 5.82 Å². The molecule has 0 saturated heterocycles. The number of hydrogen-bond acceptors (Lipinski definition) is 5. The average Bonchev–Trinajstić information content (AvgIpc) is 2.46. The van der Waals surface area contributed by atoms with Crippen molar-refractivity contribution in [3.8, 4) is 0 Å². The molecule has 0 fully saturated rings. The molecule has 0 amide bonds. The van der Waals surface area contributed by atoms with Crippen molar-refractivity contribution in [3.63, 3.8) is 0 Å². The fourth-order valence-corrected chi connectivity index (χ4v) is 1.96. The maximum atomic E-state index is 13.5. The molecule has 21 heavy (non-hydrogen) atoms. The van der Waals surface area contributed by atoms with Gasteiger partial charge in [0.2, 0.25) is 5.95 Å². The van der Waals surface area contributed by atoms with Crippen molar-refractivity contribution in [1.29, 1.82) is 0 Å². The molecule has 0 unspecified atom stereocenters. The first-order valence-corrected chi connectivity index (χ1v) is 6.25. The third-order valence-corrected chi connectivity index (χ3v) is 2.98. The molecule has 0 saturated carbocycles. The van der Waals surface area contributed by atoms with Crippen LogP contribution in [0.4, 0.5) is 16.2 Å². The molecule has 2 heterocycles. The zero-order chi connectivity index (χ0) is 14.8. The van der Waals surface area contributed by atoms with E-state index in [-0.39, 0.29) is 17.6 Å². The molecule has 1 aromatic carbocycles. The molecule has 0 radical (unpaired) electrons. The molecule has 0 atom stereocenters. The number of hydrogen-bond donors (Lipinski definition) is 2. The van der Waals surface area contributed by atoms with Gasteiger partial charge in [0.25, 0.3) is 0 Å². The molecular formula is C15H12FN5. The number of aromatic nitrogens is 3. The largest absolute Gasteiger partial charge is 0.383 e. The number of pyridine rings is 1. The molecule has 104 valence electrons. The Balaban J connectivity index is 2.00. The summed E-state index contributed by atoms with van der Waals surface area (Å²) in [4.78, 5) is 12.1. The monoisotopic (exact) mass is 281 g/mol. The van der Waals surface area contributed by atoms with Gasteiger partial charge in [0.15, 0.2) is 5.65 Å². The van der Waals surface area contributed by atoms with Crippen molar-refractivity contribution in [2.45, 2.75) is 0 Å². The molecule has 6 heteroatoms. The number of nitrogens with two attached hydrogens (primary N) is 2. The van der Waals surface area contributed by atoms with Crippen LogP contribution in [0.5, 0.6) is 0 Å². The molecule has 0 aliphatic carbocycles. The highest BCUT2D eigenvalue weighted by Crippen LogP contribution is 2.19. The van der Waals surface area contributed by atoms with Crippen molar-refractivity contribution < 1.29 is 4.39 Å². The lowest BCUT2D eigenvalue weighted by Gasteiger charge is -2.02. The van der Waals surface area contributed by atoms with Gasteiger partial charge in [-0.05, 0) is 17.7 Å². The Morgan fingerprint density at radius 3 is 2.67 bits per heavy atom. The second-order valence-corrected chi connectivity index (χ2v) is 4.46. The maximum absolute atomic E-state index is 13.5. The van der Waals surface area contributed by atoms with Crippen LogP contribution in [-0.4, -0.2) is 15.0 Å². The summed E-state index contributed by atoms with van der Waals surface area (Å²) in [5.74, 6) is 0.0754. The van der Waals surface area contributed by atoms with E-state index in [0.717, 1.165) is 5.56 Å². The lowest BCUT2D eigenvalue weighted by molar-refractivity contribution is 0.625. The molecule has 0 bridgehead atoms. The highest BCUT2D eigenvalue weighted by molar-refractivity contribution is 5.88. The predicted octanol–water partition coefficient (Wildman–Crippen LogP) is 2.50. The number of fused-ring (bicyclic) bond motifs is 1. The van der Waals surface area contributed by atoms with Crippen molar-refractivity contribution in [2.75, 3.05) is 11.5 Å². The lowest BCUT2D eigenvalue weighted by atomic mass is 10.1. The summed E-state index contributed by atoms with van der Waals surface area (Å²) in [5.41, 5.74) is 13.0. The Labute approximate surface area is 120 Å². The number of nitrogens with zero attached hydrogens (tertiary/aromatic N) is 3. The summed E-state index contributed by atoms with van der Waals surface area (Å²) >= 11 is 0. The van der Waals surface area contributed by atoms with Crippen LogP contribution >= 0.6 is 0 Å². The third-order valence-electron chi connectivity index (χ3n) is 2.98. The highest BCUT2D eigenvalue weighted by Gasteiger charge is 2.04. The van der Waals surface area contributed by atoms with Gasteiger partial charge in [-0.3, -0.25) is 0 Å². The Morgan fingerprint density at radius 2 is 1.86 bits per heavy atom. The van der Waals surface area contributed by atoms with Gasteiger partial charge in [0.05, 0.1) is 5.39 Å². The summed E-state index contributed by atoms with van der Waals surface area (Å²) in [6.45, 7) is 0. The third kappa shape index (κ3) is 2.64. The summed E-state index contributed by atoms with van der Waals surface area (Å²) in [6, 6.07) is 8.31. The molecular weight excluding hydrogens is 269 g/mol. The molecule has 3 rings (SSSR count). The topological polar surface area (TPSA) is 90.7 Å². The molecule has 0 aliphatic heterocycles. The first kappa shape index (κ1) is 13.0. The fraction of sp³-hybridized carbons (Fsp3) is 0. The second kappa shape index (κ2) is 5.16. The summed E-state index contributed by atoms with van der Waals surface area (Å²) in [7, 11) is 0. The Morgan fingerprint density at radius 1 is 1.05 bits per heavy atom. The molecule has 4 N–H and O–H groups in total. The SMILES string of the molecule is Nc1nc(N)c2cc(/C=C/c3ccccc3F)cnc2n1. The van der Waals surface area contributed by atoms with E-state index in [1.165, 1.54) is 6.07 Å². The lowest BCUT2D eigenvalue weighted by Crippen LogP contribution is -2.01. The van der Waals surface area contributed by atoms with Crippen LogP contribution in [0.25, 0.3) is 23.2 Å². The van der Waals surface area contributed by atoms with Gasteiger partial charge in [-0.2, -0.15) is 9.97 Å². The summed E-state index contributed by atoms with van der Waals surface area (Å²) in [5, 5.41) is 0.611. The van der Waals surface area contributed by atoms with Crippen molar-refractivity contribution in [1.82, 2.24) is 15.0 Å². The van der Waals surface area contributed by atoms with E-state index in [0.29, 0.717) is 16.6 Å². The van der Waals surface area contributed by atoms with Crippen molar-refractivity contribution >= 4 is 35.0 Å². The number of nitrogen functional groups attached to an aromatic ring is 2. The normalized spacial score (nSPS) is 11.3. The van der Waals surface area contributed by atoms with E-state index in [1.807, 2.05) is 0 Å². The van der Waals surface area contributed by atoms with Crippen LogP contribution in [0.1, 0.15) is 11.1 Å². The van der Waals surface area contributed by atoms with Gasteiger partial charge in [-0.25, -0.2) is 9.37 Å². The minimum absolute atomic E-state index is 0.0853. The van der Waals surface area contributed by atoms with Crippen molar-refractivity contribution in [2.24, 2.45) is 0 Å². The van der Waals surface area contributed by atoms with Gasteiger partial charge < -0.3 is 11.5 Å². The number of rotatable bonds is 2. The molecule has 3 aromatic rings. The van der Waals surface area contributed by atoms with Gasteiger partial charge in [0, 0.05) is 11.8 Å². The van der Waals surface area contributed by atoms with Gasteiger partial charge in [-0.15, -0.1) is 0 Å². The highest BCUT2D eigenvalue weighted by atomic mass is 19.1. The Bertz CT molecular complexity index is 845. The van der Waals surface area contributed by atoms with Crippen molar-refractivity contribution in [3.05, 3.63) is 53.5 Å². The zero-order valence-electron chi connectivity index (χ0n) is 11.0. The second-order valence-electron chi connectivity index (χ2n) is 4.46. The summed E-state index contributed by atoms with van der Waals surface area (Å²) in [6.07, 6.45) is 5.04. The molecule has 2 aromatic heterocycles. The standard InChI is InChI=1S/C15H12FN5/c16-12-4-2-1-3-10(12)6-5-9-7-11-13(17)20-15(18)21-14(11)19-8-9/h1-8H,(H4,17,18,19,20,21)/b6-5+. The van der Waals surface area contributed by atoms with Gasteiger partial charge >= 0.3 is 0 Å². The maximum Gasteiger partial charge on any atom is 0.224 e. The van der Waals surface area contributed by atoms with Gasteiger partial charge in [0.1, 0.15) is 11.6 Å². The van der Waals surface area contributed by atoms with Crippen LogP contribution < -0.4 is 11.5 Å². The van der Waals surface area contributed by atoms with E-state index in [1.54, 1.807) is 42.6 Å². The van der Waals surface area contributed by atoms with Crippen LogP contribution in [-0.2, 0) is 0 Å². The first-order valence-electron chi connectivity index (χ1n) is 6.25. The molecule has 0 aliphatic rings. The number of benzene rings is 1. The minimum Gasteiger partial charge on any atom is -0.383 e. The fourth-order valence-electron chi connectivity index (χ4n) is 1.96. The Hall–Kier alpha value is -3.02. The van der Waals surface area contributed by atoms with E-state index < -0.39 is 0 Å². The van der Waals surface area contributed by atoms with E-state index >= 15 is 0 Å². The predicted molar refractivity (Wildman–Crippen MR) is 81.5 cm³/mol. The Kier molecular flexibility index (Phi) is 3.19. The van der Waals surface area contributed by atoms with Gasteiger partial charge in [-0.1, -0.05) is 30.4 Å². The minimum atomic E-state index is -0.280. The first-order chi connectivity index (χ1) is 10.1.